The van der Waals surface area contributed by atoms with Crippen LogP contribution >= 0.6 is 0 Å². The molecule has 0 unspecified atom stereocenters. The van der Waals surface area contributed by atoms with E-state index in [4.69, 9.17) is 0 Å². The van der Waals surface area contributed by atoms with Gasteiger partial charge < -0.3 is 0 Å². The minimum absolute atomic E-state index is 0.508. The van der Waals surface area contributed by atoms with Crippen molar-refractivity contribution in [3.05, 3.63) is 96.6 Å². The lowest BCUT2D eigenvalue weighted by Crippen LogP contribution is -2.71. The summed E-state index contributed by atoms with van der Waals surface area (Å²) >= 11 is 0. The van der Waals surface area contributed by atoms with Crippen molar-refractivity contribution in [1.82, 2.24) is 0 Å². The molecule has 0 amide bonds. The summed E-state index contributed by atoms with van der Waals surface area (Å²) in [6.07, 6.45) is 0. The Bertz CT molecular complexity index is 1190. The predicted octanol–water partition coefficient (Wildman–Crippen LogP) is 4.15. The molecule has 0 saturated carbocycles. The molecule has 6 rings (SSSR count). The molecule has 0 radical (unpaired) electrons. The van der Waals surface area contributed by atoms with E-state index in [0.29, 0.717) is 5.92 Å². The number of benzene rings is 4. The molecule has 0 nitrogen and oxygen atoms in total. The quantitative estimate of drug-likeness (QED) is 0.379. The highest BCUT2D eigenvalue weighted by Gasteiger charge is 2.54. The van der Waals surface area contributed by atoms with Crippen LogP contribution in [0.25, 0.3) is 22.3 Å². The largest absolute Gasteiger partial charge is 0.182 e. The zero-order valence-corrected chi connectivity index (χ0v) is 17.2. The topological polar surface area (TPSA) is 0 Å². The Labute approximate surface area is 167 Å². The summed E-state index contributed by atoms with van der Waals surface area (Å²) in [5.41, 5.74) is 7.29. The van der Waals surface area contributed by atoms with E-state index in [1.54, 1.807) is 20.7 Å². The summed E-state index contributed by atoms with van der Waals surface area (Å²) in [7, 11) is -2.26. The van der Waals surface area contributed by atoms with Gasteiger partial charge in [0.15, 0.2) is 8.07 Å². The van der Waals surface area contributed by atoms with Gasteiger partial charge in [-0.2, -0.15) is 0 Å². The Morgan fingerprint density at radius 3 is 1.43 bits per heavy atom. The summed E-state index contributed by atoms with van der Waals surface area (Å²) in [5, 5.41) is 6.32. The SMILES string of the molecule is CC(C)c1cccc2c1[Si]1(c3ccccc3-c3ccccc31)c1ccccc1-2. The van der Waals surface area contributed by atoms with Gasteiger partial charge in [-0.3, -0.25) is 0 Å². The Morgan fingerprint density at radius 2 is 0.929 bits per heavy atom. The lowest BCUT2D eigenvalue weighted by atomic mass is 9.97. The van der Waals surface area contributed by atoms with E-state index in [0.717, 1.165) is 0 Å². The first-order chi connectivity index (χ1) is 13.7. The van der Waals surface area contributed by atoms with E-state index >= 15 is 0 Å². The number of hydrogen-bond donors (Lipinski definition) is 0. The van der Waals surface area contributed by atoms with Crippen LogP contribution in [-0.2, 0) is 0 Å². The van der Waals surface area contributed by atoms with Gasteiger partial charge in [-0.05, 0) is 54.5 Å². The molecule has 0 aliphatic carbocycles. The molecule has 0 saturated heterocycles. The zero-order chi connectivity index (χ0) is 18.9. The molecule has 4 aromatic carbocycles. The maximum Gasteiger partial charge on any atom is 0.182 e. The third-order valence-corrected chi connectivity index (χ3v) is 11.7. The van der Waals surface area contributed by atoms with Gasteiger partial charge in [-0.1, -0.05) is 105 Å². The first-order valence-corrected chi connectivity index (χ1v) is 12.2. The smallest absolute Gasteiger partial charge is 0.0623 e. The zero-order valence-electron chi connectivity index (χ0n) is 16.2. The minimum atomic E-state index is -2.26. The highest BCUT2D eigenvalue weighted by atomic mass is 28.3. The monoisotopic (exact) mass is 374 g/mol. The van der Waals surface area contributed by atoms with Gasteiger partial charge in [0.05, 0.1) is 0 Å². The van der Waals surface area contributed by atoms with Crippen LogP contribution in [0, 0.1) is 0 Å². The van der Waals surface area contributed by atoms with E-state index in [2.05, 4.69) is 105 Å². The molecule has 4 aromatic rings. The third-order valence-electron chi connectivity index (χ3n) is 6.67. The molecule has 0 N–H and O–H groups in total. The number of rotatable bonds is 1. The van der Waals surface area contributed by atoms with E-state index in [-0.39, 0.29) is 0 Å². The first-order valence-electron chi connectivity index (χ1n) is 10.2. The second-order valence-electron chi connectivity index (χ2n) is 8.31. The summed E-state index contributed by atoms with van der Waals surface area (Å²) < 4.78 is 0. The average Bonchev–Trinajstić information content (AvgIpc) is 3.21. The lowest BCUT2D eigenvalue weighted by Gasteiger charge is -2.30. The van der Waals surface area contributed by atoms with Crippen LogP contribution in [0.3, 0.4) is 0 Å². The highest BCUT2D eigenvalue weighted by molar-refractivity contribution is 7.24. The van der Waals surface area contributed by atoms with Crippen molar-refractivity contribution < 1.29 is 0 Å². The molecule has 0 aromatic heterocycles. The van der Waals surface area contributed by atoms with Crippen molar-refractivity contribution in [2.24, 2.45) is 0 Å². The van der Waals surface area contributed by atoms with Crippen molar-refractivity contribution >= 4 is 28.8 Å². The van der Waals surface area contributed by atoms with Crippen LogP contribution in [0.4, 0.5) is 0 Å². The van der Waals surface area contributed by atoms with Crippen LogP contribution in [0.1, 0.15) is 25.3 Å². The van der Waals surface area contributed by atoms with Crippen LogP contribution < -0.4 is 20.7 Å². The second kappa shape index (κ2) is 5.56. The molecular formula is C27H22Si. The fourth-order valence-corrected chi connectivity index (χ4v) is 11.7. The van der Waals surface area contributed by atoms with Crippen molar-refractivity contribution in [3.8, 4) is 22.3 Å². The van der Waals surface area contributed by atoms with Gasteiger partial charge in [0, 0.05) is 0 Å². The van der Waals surface area contributed by atoms with E-state index in [1.165, 1.54) is 27.8 Å². The van der Waals surface area contributed by atoms with Crippen LogP contribution in [0.2, 0.25) is 0 Å². The molecule has 1 spiro atoms. The van der Waals surface area contributed by atoms with Crippen molar-refractivity contribution in [3.63, 3.8) is 0 Å². The molecule has 2 aliphatic rings. The fraction of sp³-hybridized carbons (Fsp3) is 0.111. The van der Waals surface area contributed by atoms with Crippen LogP contribution in [0.15, 0.2) is 91.0 Å². The maximum absolute atomic E-state index is 2.41. The number of fused-ring (bicyclic) bond motifs is 10. The maximum atomic E-state index is 2.41. The molecule has 28 heavy (non-hydrogen) atoms. The predicted molar refractivity (Wildman–Crippen MR) is 122 cm³/mol. The van der Waals surface area contributed by atoms with Crippen molar-refractivity contribution in [2.45, 2.75) is 19.8 Å². The Morgan fingerprint density at radius 1 is 0.500 bits per heavy atom. The van der Waals surface area contributed by atoms with Gasteiger partial charge >= 0.3 is 0 Å². The first kappa shape index (κ1) is 16.1. The van der Waals surface area contributed by atoms with Gasteiger partial charge in [0.1, 0.15) is 0 Å². The normalized spacial score (nSPS) is 14.7. The molecule has 0 fully saturated rings. The van der Waals surface area contributed by atoms with Gasteiger partial charge in [0.25, 0.3) is 0 Å². The molecule has 1 heteroatoms. The standard InChI is InChI=1S/C27H22Si/c1-18(2)19-13-9-14-23-22-12-5-8-17-26(22)28(27(19)23)24-15-6-3-10-20(24)21-11-4-7-16-25(21)28/h3-18H,1-2H3. The second-order valence-corrected chi connectivity index (χ2v) is 11.9. The molecular weight excluding hydrogens is 352 g/mol. The van der Waals surface area contributed by atoms with E-state index < -0.39 is 8.07 Å². The van der Waals surface area contributed by atoms with E-state index in [1.807, 2.05) is 0 Å². The third kappa shape index (κ3) is 1.76. The van der Waals surface area contributed by atoms with Gasteiger partial charge in [-0.15, -0.1) is 0 Å². The molecule has 134 valence electrons. The molecule has 2 heterocycles. The summed E-state index contributed by atoms with van der Waals surface area (Å²) in [5.74, 6) is 0.508. The van der Waals surface area contributed by atoms with Gasteiger partial charge in [-0.25, -0.2) is 0 Å². The summed E-state index contributed by atoms with van der Waals surface area (Å²) in [6, 6.07) is 34.5. The Hall–Kier alpha value is -2.90. The lowest BCUT2D eigenvalue weighted by molar-refractivity contribution is 0.873. The van der Waals surface area contributed by atoms with Crippen LogP contribution in [0.5, 0.6) is 0 Å². The highest BCUT2D eigenvalue weighted by Crippen LogP contribution is 2.37. The molecule has 2 aliphatic heterocycles. The fourth-order valence-electron chi connectivity index (χ4n) is 5.67. The minimum Gasteiger partial charge on any atom is -0.0623 e. The molecule has 0 atom stereocenters. The summed E-state index contributed by atoms with van der Waals surface area (Å²) in [6.45, 7) is 4.68. The average molecular weight is 375 g/mol. The van der Waals surface area contributed by atoms with Crippen LogP contribution in [-0.4, -0.2) is 8.07 Å². The summed E-state index contributed by atoms with van der Waals surface area (Å²) in [4.78, 5) is 0. The Kier molecular flexibility index (Phi) is 3.19. The number of hydrogen-bond acceptors (Lipinski definition) is 0. The van der Waals surface area contributed by atoms with E-state index in [9.17, 15) is 0 Å². The Balaban J connectivity index is 1.88. The van der Waals surface area contributed by atoms with Crippen molar-refractivity contribution in [1.29, 1.82) is 0 Å². The van der Waals surface area contributed by atoms with Crippen molar-refractivity contribution in [2.75, 3.05) is 0 Å². The molecule has 0 bridgehead atoms. The van der Waals surface area contributed by atoms with Gasteiger partial charge in [0.2, 0.25) is 0 Å².